The Kier molecular flexibility index (Phi) is 6.73. The molecule has 0 spiro atoms. The maximum Gasteiger partial charge on any atom is 0.252 e. The van der Waals surface area contributed by atoms with Gasteiger partial charge in [0.05, 0.1) is 16.6 Å². The minimum Gasteiger partial charge on any atom is -0.454 e. The highest BCUT2D eigenvalue weighted by molar-refractivity contribution is 7.00. The van der Waals surface area contributed by atoms with Gasteiger partial charge in [0.25, 0.3) is 6.71 Å². The van der Waals surface area contributed by atoms with E-state index in [0.29, 0.717) is 0 Å². The van der Waals surface area contributed by atoms with Gasteiger partial charge >= 0.3 is 0 Å². The second-order valence-electron chi connectivity index (χ2n) is 23.2. The second kappa shape index (κ2) is 11.2. The average molecular weight is 802 g/mol. The first-order valence-corrected chi connectivity index (χ1v) is 23.6. The number of hydrogen-bond donors (Lipinski definition) is 0. The zero-order valence-electron chi connectivity index (χ0n) is 38.1. The van der Waals surface area contributed by atoms with Crippen molar-refractivity contribution in [3.05, 3.63) is 107 Å². The molecule has 5 aromatic carbocycles. The van der Waals surface area contributed by atoms with Crippen molar-refractivity contribution < 1.29 is 4.42 Å². The quantitative estimate of drug-likeness (QED) is 0.155. The van der Waals surface area contributed by atoms with Crippen LogP contribution in [0.2, 0.25) is 0 Å². The Morgan fingerprint density at radius 2 is 1.16 bits per heavy atom. The Morgan fingerprint density at radius 1 is 0.557 bits per heavy atom. The third kappa shape index (κ3) is 4.17. The monoisotopic (exact) mass is 801 g/mol. The van der Waals surface area contributed by atoms with E-state index in [4.69, 9.17) is 4.42 Å². The van der Waals surface area contributed by atoms with E-state index >= 15 is 0 Å². The van der Waals surface area contributed by atoms with Crippen molar-refractivity contribution in [3.8, 4) is 5.69 Å². The Hall–Kier alpha value is -4.90. The molecule has 4 aliphatic heterocycles. The summed E-state index contributed by atoms with van der Waals surface area (Å²) in [5.41, 5.74) is 21.7. The standard InChI is InChI=1S/C56H60BN3O/c1-51(2,3)33-27-37-47-40(29-33)57-41-30-34(52(4,5)6)28-39-49(41)60(56(10)26-18-16-24-54(39,56)8)44-32-35(59-42-21-13-12-20-38(42)53(7)23-15-17-25-55(53,59)9)31-43(46(44)57)58(47)48-36-19-11-14-22-45(36)61-50(37)48/h11-14,19-22,27-32H,15-18,23-26H2,1-10H3. The van der Waals surface area contributed by atoms with E-state index in [9.17, 15) is 0 Å². The van der Waals surface area contributed by atoms with Crippen molar-refractivity contribution in [2.24, 2.45) is 0 Å². The molecule has 0 N–H and O–H groups in total. The summed E-state index contributed by atoms with van der Waals surface area (Å²) in [5.74, 6) is 0. The fourth-order valence-corrected chi connectivity index (χ4v) is 14.4. The maximum absolute atomic E-state index is 7.05. The van der Waals surface area contributed by atoms with E-state index in [1.54, 1.807) is 5.56 Å². The summed E-state index contributed by atoms with van der Waals surface area (Å²) >= 11 is 0. The maximum atomic E-state index is 7.05. The van der Waals surface area contributed by atoms with Crippen LogP contribution in [0.3, 0.4) is 0 Å². The molecule has 61 heavy (non-hydrogen) atoms. The minimum atomic E-state index is -0.0699. The molecule has 2 saturated carbocycles. The van der Waals surface area contributed by atoms with Crippen LogP contribution in [0, 0.1) is 0 Å². The van der Waals surface area contributed by atoms with Gasteiger partial charge in [0.1, 0.15) is 11.1 Å². The molecule has 2 fully saturated rings. The molecule has 2 aliphatic carbocycles. The van der Waals surface area contributed by atoms with Crippen molar-refractivity contribution in [1.29, 1.82) is 0 Å². The topological polar surface area (TPSA) is 24.6 Å². The SMILES string of the molecule is CC(C)(C)c1cc2c3c(c1)C1(C)CCCCC1(C)N3c1cc(N3c4ccccc4C4(C)CCCCC34C)cc3c1B2c1cc(C(C)(C)C)cc2c4oc5ccccc5c4n-3c12. The van der Waals surface area contributed by atoms with Crippen molar-refractivity contribution in [2.75, 3.05) is 9.80 Å². The lowest BCUT2D eigenvalue weighted by Crippen LogP contribution is -2.64. The molecule has 0 bridgehead atoms. The van der Waals surface area contributed by atoms with Crippen molar-refractivity contribution >= 4 is 78.8 Å². The summed E-state index contributed by atoms with van der Waals surface area (Å²) in [7, 11) is 0. The van der Waals surface area contributed by atoms with Gasteiger partial charge < -0.3 is 18.8 Å². The fourth-order valence-electron chi connectivity index (χ4n) is 14.4. The normalized spacial score (nSPS) is 27.1. The predicted molar refractivity (Wildman–Crippen MR) is 258 cm³/mol. The van der Waals surface area contributed by atoms with Gasteiger partial charge in [-0.25, -0.2) is 0 Å². The highest BCUT2D eigenvalue weighted by Gasteiger charge is 2.63. The van der Waals surface area contributed by atoms with E-state index < -0.39 is 0 Å². The highest BCUT2D eigenvalue weighted by Crippen LogP contribution is 2.64. The molecule has 0 radical (unpaired) electrons. The number of para-hydroxylation sites is 2. The molecular formula is C56H60BN3O. The summed E-state index contributed by atoms with van der Waals surface area (Å²) in [5, 5.41) is 2.43. The van der Waals surface area contributed by atoms with Gasteiger partial charge in [0.15, 0.2) is 5.58 Å². The highest BCUT2D eigenvalue weighted by atomic mass is 16.3. The Morgan fingerprint density at radius 3 is 1.90 bits per heavy atom. The van der Waals surface area contributed by atoms with Crippen LogP contribution < -0.4 is 26.2 Å². The van der Waals surface area contributed by atoms with Crippen LogP contribution in [0.4, 0.5) is 22.7 Å². The number of anilines is 4. The predicted octanol–water partition coefficient (Wildman–Crippen LogP) is 12.8. The van der Waals surface area contributed by atoms with Crippen LogP contribution >= 0.6 is 0 Å². The second-order valence-corrected chi connectivity index (χ2v) is 23.2. The lowest BCUT2D eigenvalue weighted by atomic mass is 9.33. The summed E-state index contributed by atoms with van der Waals surface area (Å²) < 4.78 is 9.73. The zero-order valence-corrected chi connectivity index (χ0v) is 38.1. The third-order valence-corrected chi connectivity index (χ3v) is 18.1. The number of nitrogens with zero attached hydrogens (tertiary/aromatic N) is 3. The van der Waals surface area contributed by atoms with Crippen LogP contribution in [-0.2, 0) is 21.7 Å². The van der Waals surface area contributed by atoms with Gasteiger partial charge in [-0.2, -0.15) is 0 Å². The number of benzene rings is 5. The number of rotatable bonds is 1. The number of hydrogen-bond acceptors (Lipinski definition) is 3. The largest absolute Gasteiger partial charge is 0.454 e. The molecule has 0 saturated heterocycles. The van der Waals surface area contributed by atoms with E-state index in [1.165, 1.54) is 135 Å². The van der Waals surface area contributed by atoms with Gasteiger partial charge in [0, 0.05) is 50.0 Å². The fraction of sp³-hybridized carbons (Fsp3) is 0.429. The smallest absolute Gasteiger partial charge is 0.252 e. The van der Waals surface area contributed by atoms with Gasteiger partial charge in [-0.05, 0) is 125 Å². The molecule has 2 aromatic heterocycles. The molecule has 13 rings (SSSR count). The Bertz CT molecular complexity index is 3120. The molecule has 4 unspecified atom stereocenters. The average Bonchev–Trinajstić information content (AvgIpc) is 3.88. The third-order valence-electron chi connectivity index (χ3n) is 18.1. The molecule has 4 nitrogen and oxygen atoms in total. The van der Waals surface area contributed by atoms with Crippen molar-refractivity contribution in [3.63, 3.8) is 0 Å². The first-order chi connectivity index (χ1) is 29.0. The van der Waals surface area contributed by atoms with Crippen molar-refractivity contribution in [2.45, 2.75) is 153 Å². The van der Waals surface area contributed by atoms with Crippen LogP contribution in [0.5, 0.6) is 0 Å². The van der Waals surface area contributed by atoms with E-state index in [-0.39, 0.29) is 39.5 Å². The summed E-state index contributed by atoms with van der Waals surface area (Å²) in [6.45, 7) is 24.9. The molecule has 6 aliphatic rings. The summed E-state index contributed by atoms with van der Waals surface area (Å²) in [6, 6.07) is 33.9. The van der Waals surface area contributed by atoms with E-state index in [0.717, 1.165) is 11.2 Å². The van der Waals surface area contributed by atoms with Gasteiger partial charge in [0.2, 0.25) is 0 Å². The summed E-state index contributed by atoms with van der Waals surface area (Å²) in [4.78, 5) is 5.77. The molecule has 4 atom stereocenters. The van der Waals surface area contributed by atoms with Gasteiger partial charge in [-0.1, -0.05) is 130 Å². The Balaban J connectivity index is 1.23. The number of fused-ring (bicyclic) bond motifs is 15. The van der Waals surface area contributed by atoms with Crippen molar-refractivity contribution in [1.82, 2.24) is 4.57 Å². The molecular weight excluding hydrogens is 741 g/mol. The summed E-state index contributed by atoms with van der Waals surface area (Å²) in [6.07, 6.45) is 9.88. The Labute approximate surface area is 362 Å². The minimum absolute atomic E-state index is 0.00870. The van der Waals surface area contributed by atoms with Crippen LogP contribution in [-0.4, -0.2) is 22.4 Å². The molecule has 308 valence electrons. The molecule has 7 aromatic rings. The van der Waals surface area contributed by atoms with Crippen LogP contribution in [0.25, 0.3) is 38.7 Å². The van der Waals surface area contributed by atoms with Crippen LogP contribution in [0.1, 0.15) is 143 Å². The lowest BCUT2D eigenvalue weighted by Gasteiger charge is -2.53. The van der Waals surface area contributed by atoms with Gasteiger partial charge in [-0.15, -0.1) is 0 Å². The number of furan rings is 1. The number of aromatic nitrogens is 1. The molecule has 6 heterocycles. The van der Waals surface area contributed by atoms with E-state index in [1.807, 2.05) is 0 Å². The van der Waals surface area contributed by atoms with Gasteiger partial charge in [-0.3, -0.25) is 0 Å². The molecule has 5 heteroatoms. The first kappa shape index (κ1) is 36.7. The lowest BCUT2D eigenvalue weighted by molar-refractivity contribution is 0.194. The van der Waals surface area contributed by atoms with E-state index in [2.05, 4.69) is 169 Å². The zero-order chi connectivity index (χ0) is 42.0. The first-order valence-electron chi connectivity index (χ1n) is 23.6. The molecule has 0 amide bonds. The van der Waals surface area contributed by atoms with Crippen LogP contribution in [0.15, 0.2) is 89.3 Å².